The first-order chi connectivity index (χ1) is 13.2. The maximum atomic E-state index is 12.6. The zero-order valence-electron chi connectivity index (χ0n) is 14.9. The number of carbonyl (C=O) groups is 1. The van der Waals surface area contributed by atoms with Crippen LogP contribution in [0, 0.1) is 0 Å². The van der Waals surface area contributed by atoms with Gasteiger partial charge in [-0.25, -0.2) is 0 Å². The van der Waals surface area contributed by atoms with Crippen LogP contribution >= 0.6 is 0 Å². The normalized spacial score (nSPS) is 16.9. The minimum Gasteiger partial charge on any atom is -0.461 e. The average molecular weight is 356 g/mol. The van der Waals surface area contributed by atoms with E-state index in [1.807, 2.05) is 36.4 Å². The molecule has 4 heteroatoms. The van der Waals surface area contributed by atoms with Gasteiger partial charge < -0.3 is 15.5 Å². The van der Waals surface area contributed by atoms with E-state index >= 15 is 0 Å². The number of nitrogens with two attached hydrogens (primary N) is 1. The fraction of sp³-hybridized carbons (Fsp3) is 0.174. The van der Waals surface area contributed by atoms with Gasteiger partial charge >= 0.3 is 0 Å². The molecule has 0 bridgehead atoms. The summed E-state index contributed by atoms with van der Waals surface area (Å²) in [7, 11) is 0. The van der Waals surface area contributed by atoms with E-state index < -0.39 is 0 Å². The maximum absolute atomic E-state index is 12.6. The van der Waals surface area contributed by atoms with Gasteiger partial charge in [0.1, 0.15) is 11.5 Å². The third kappa shape index (κ3) is 2.65. The number of fused-ring (bicyclic) bond motifs is 2. The topological polar surface area (TPSA) is 68.3 Å². The molecule has 0 saturated carbocycles. The first kappa shape index (κ1) is 15.9. The van der Waals surface area contributed by atoms with Crippen molar-refractivity contribution < 1.29 is 9.21 Å². The Labute approximate surface area is 157 Å². The molecule has 0 spiro atoms. The van der Waals surface area contributed by atoms with Crippen molar-refractivity contribution in [3.05, 3.63) is 71.2 Å². The van der Waals surface area contributed by atoms with Gasteiger partial charge in [-0.05, 0) is 49.1 Å². The molecular formula is C23H20N2O2. The molecule has 0 radical (unpaired) electrons. The highest BCUT2D eigenvalue weighted by Crippen LogP contribution is 2.41. The van der Waals surface area contributed by atoms with Crippen LogP contribution in [0.1, 0.15) is 35.5 Å². The molecule has 0 unspecified atom stereocenters. The molecule has 1 aromatic heterocycles. The first-order valence-corrected chi connectivity index (χ1v) is 9.33. The number of hydrogen-bond donors (Lipinski definition) is 2. The number of carbonyl (C=O) groups excluding carboxylic acids is 1. The predicted octanol–water partition coefficient (Wildman–Crippen LogP) is 4.90. The number of benzene rings is 2. The second kappa shape index (κ2) is 6.16. The molecular weight excluding hydrogens is 336 g/mol. The molecule has 1 aliphatic heterocycles. The van der Waals surface area contributed by atoms with Crippen molar-refractivity contribution in [2.24, 2.45) is 0 Å². The van der Waals surface area contributed by atoms with E-state index in [1.54, 1.807) is 6.07 Å². The van der Waals surface area contributed by atoms with Gasteiger partial charge in [-0.1, -0.05) is 30.3 Å². The lowest BCUT2D eigenvalue weighted by atomic mass is 9.91. The van der Waals surface area contributed by atoms with Gasteiger partial charge in [-0.3, -0.25) is 4.79 Å². The second-order valence-corrected chi connectivity index (χ2v) is 7.13. The Morgan fingerprint density at radius 2 is 1.85 bits per heavy atom. The van der Waals surface area contributed by atoms with Crippen LogP contribution in [0.3, 0.4) is 0 Å². The fourth-order valence-electron chi connectivity index (χ4n) is 4.09. The molecule has 1 aliphatic carbocycles. The molecule has 1 amide bonds. The van der Waals surface area contributed by atoms with Gasteiger partial charge in [-0.15, -0.1) is 0 Å². The summed E-state index contributed by atoms with van der Waals surface area (Å²) >= 11 is 0. The number of nitrogens with one attached hydrogen (secondary N) is 1. The molecule has 0 fully saturated rings. The van der Waals surface area contributed by atoms with Crippen LogP contribution in [0.15, 0.2) is 52.9 Å². The van der Waals surface area contributed by atoms with E-state index in [-0.39, 0.29) is 5.91 Å². The SMILES string of the molecule is Nc1ccc2c(c1)C(=Cc1oc3c(c1-c1ccccc1)CCCC3)C(=O)N2. The van der Waals surface area contributed by atoms with Crippen molar-refractivity contribution in [2.75, 3.05) is 11.1 Å². The maximum Gasteiger partial charge on any atom is 0.256 e. The highest BCUT2D eigenvalue weighted by atomic mass is 16.3. The molecule has 0 saturated heterocycles. The molecule has 134 valence electrons. The van der Waals surface area contributed by atoms with E-state index in [0.29, 0.717) is 11.3 Å². The van der Waals surface area contributed by atoms with Crippen LogP contribution in [0.5, 0.6) is 0 Å². The summed E-state index contributed by atoms with van der Waals surface area (Å²) < 4.78 is 6.26. The van der Waals surface area contributed by atoms with Crippen molar-refractivity contribution in [3.63, 3.8) is 0 Å². The van der Waals surface area contributed by atoms with Gasteiger partial charge in [-0.2, -0.15) is 0 Å². The number of amides is 1. The molecule has 3 aromatic rings. The quantitative estimate of drug-likeness (QED) is 0.507. The van der Waals surface area contributed by atoms with Gasteiger partial charge in [0.05, 0.1) is 5.57 Å². The Bertz CT molecular complexity index is 1080. The summed E-state index contributed by atoms with van der Waals surface area (Å²) in [6, 6.07) is 15.8. The van der Waals surface area contributed by atoms with Gasteiger partial charge in [0.25, 0.3) is 5.91 Å². The summed E-state index contributed by atoms with van der Waals surface area (Å²) in [5.74, 6) is 1.69. The molecule has 27 heavy (non-hydrogen) atoms. The number of hydrogen-bond acceptors (Lipinski definition) is 3. The van der Waals surface area contributed by atoms with Crippen molar-refractivity contribution >= 4 is 28.9 Å². The monoisotopic (exact) mass is 356 g/mol. The zero-order valence-corrected chi connectivity index (χ0v) is 14.9. The van der Waals surface area contributed by atoms with Gasteiger partial charge in [0.2, 0.25) is 0 Å². The van der Waals surface area contributed by atoms with Crippen LogP contribution in [0.2, 0.25) is 0 Å². The van der Waals surface area contributed by atoms with Crippen molar-refractivity contribution in [2.45, 2.75) is 25.7 Å². The van der Waals surface area contributed by atoms with E-state index in [0.717, 1.165) is 53.2 Å². The largest absolute Gasteiger partial charge is 0.461 e. The Hall–Kier alpha value is -3.27. The summed E-state index contributed by atoms with van der Waals surface area (Å²) in [5, 5.41) is 2.91. The number of nitrogen functional groups attached to an aromatic ring is 1. The number of rotatable bonds is 2. The van der Waals surface area contributed by atoms with Crippen molar-refractivity contribution in [1.82, 2.24) is 0 Å². The predicted molar refractivity (Wildman–Crippen MR) is 108 cm³/mol. The summed E-state index contributed by atoms with van der Waals surface area (Å²) in [6.45, 7) is 0. The summed E-state index contributed by atoms with van der Waals surface area (Å²) in [6.07, 6.45) is 6.16. The zero-order chi connectivity index (χ0) is 18.4. The Kier molecular flexibility index (Phi) is 3.64. The van der Waals surface area contributed by atoms with Gasteiger partial charge in [0.15, 0.2) is 0 Å². The lowest BCUT2D eigenvalue weighted by Crippen LogP contribution is -2.03. The van der Waals surface area contributed by atoms with E-state index in [9.17, 15) is 4.79 Å². The summed E-state index contributed by atoms with van der Waals surface area (Å²) in [4.78, 5) is 12.6. The lowest BCUT2D eigenvalue weighted by Gasteiger charge is -2.11. The van der Waals surface area contributed by atoms with Crippen LogP contribution < -0.4 is 11.1 Å². The molecule has 4 nitrogen and oxygen atoms in total. The second-order valence-electron chi connectivity index (χ2n) is 7.13. The standard InChI is InChI=1S/C23H20N2O2/c24-15-10-11-19-17(12-15)18(23(26)25-19)13-21-22(14-6-2-1-3-7-14)16-8-4-5-9-20(16)27-21/h1-3,6-7,10-13H,4-5,8-9,24H2,(H,25,26). The molecule has 0 atom stereocenters. The Morgan fingerprint density at radius 1 is 1.04 bits per heavy atom. The van der Waals surface area contributed by atoms with Crippen LogP contribution in [0.4, 0.5) is 11.4 Å². The number of furan rings is 1. The highest BCUT2D eigenvalue weighted by Gasteiger charge is 2.27. The van der Waals surface area contributed by atoms with Gasteiger partial charge in [0, 0.05) is 34.5 Å². The van der Waals surface area contributed by atoms with E-state index in [4.69, 9.17) is 10.2 Å². The summed E-state index contributed by atoms with van der Waals surface area (Å²) in [5.41, 5.74) is 12.3. The Morgan fingerprint density at radius 3 is 2.70 bits per heavy atom. The molecule has 2 aromatic carbocycles. The first-order valence-electron chi connectivity index (χ1n) is 9.33. The molecule has 5 rings (SSSR count). The minimum atomic E-state index is -0.121. The van der Waals surface area contributed by atoms with Crippen molar-refractivity contribution in [1.29, 1.82) is 0 Å². The average Bonchev–Trinajstić information content (AvgIpc) is 3.20. The smallest absolute Gasteiger partial charge is 0.256 e. The van der Waals surface area contributed by atoms with Crippen LogP contribution in [0.25, 0.3) is 22.8 Å². The number of aryl methyl sites for hydroxylation is 1. The van der Waals surface area contributed by atoms with Crippen LogP contribution in [-0.2, 0) is 17.6 Å². The van der Waals surface area contributed by atoms with Crippen molar-refractivity contribution in [3.8, 4) is 11.1 Å². The lowest BCUT2D eigenvalue weighted by molar-refractivity contribution is -0.110. The minimum absolute atomic E-state index is 0.121. The molecule has 3 N–H and O–H groups in total. The highest BCUT2D eigenvalue weighted by molar-refractivity contribution is 6.35. The molecule has 2 aliphatic rings. The molecule has 2 heterocycles. The number of anilines is 2. The Balaban J connectivity index is 1.71. The van der Waals surface area contributed by atoms with Crippen LogP contribution in [-0.4, -0.2) is 5.91 Å². The van der Waals surface area contributed by atoms with E-state index in [1.165, 1.54) is 12.0 Å². The van der Waals surface area contributed by atoms with E-state index in [2.05, 4.69) is 17.4 Å². The fourth-order valence-corrected chi connectivity index (χ4v) is 4.09. The third-order valence-electron chi connectivity index (χ3n) is 5.36. The third-order valence-corrected chi connectivity index (χ3v) is 5.36.